The third-order valence-corrected chi connectivity index (χ3v) is 5.72. The van der Waals surface area contributed by atoms with Crippen LogP contribution in [0, 0.1) is 5.92 Å². The van der Waals surface area contributed by atoms with Crippen LogP contribution in [0.4, 0.5) is 11.4 Å². The summed E-state index contributed by atoms with van der Waals surface area (Å²) in [5.41, 5.74) is 4.85. The van der Waals surface area contributed by atoms with Gasteiger partial charge < -0.3 is 15.0 Å². The van der Waals surface area contributed by atoms with Crippen molar-refractivity contribution < 1.29 is 19.1 Å². The van der Waals surface area contributed by atoms with Gasteiger partial charge in [0.2, 0.25) is 5.91 Å². The molecular weight excluding hydrogens is 392 g/mol. The molecule has 3 rings (SSSR count). The first-order valence-corrected chi connectivity index (χ1v) is 10.9. The summed E-state index contributed by atoms with van der Waals surface area (Å²) in [6, 6.07) is 13.7. The number of benzene rings is 2. The van der Waals surface area contributed by atoms with E-state index in [2.05, 4.69) is 12.2 Å². The number of rotatable bonds is 8. The van der Waals surface area contributed by atoms with Gasteiger partial charge in [-0.15, -0.1) is 0 Å². The standard InChI is InChI=1S/C25H30N2O4/c1-4-17-10-12-21(13-11-17)27-15-20(14-23(27)29)25(30)31-16-22(28)26-24-18(5-2)8-7-9-19(24)6-3/h7-13,20H,4-6,14-16H2,1-3H3,(H,26,28). The Morgan fingerprint density at radius 1 is 1.00 bits per heavy atom. The Kier molecular flexibility index (Phi) is 7.45. The molecule has 1 atom stereocenters. The molecule has 6 nitrogen and oxygen atoms in total. The number of ether oxygens (including phenoxy) is 1. The number of nitrogens with one attached hydrogen (secondary N) is 1. The summed E-state index contributed by atoms with van der Waals surface area (Å²) in [6.07, 6.45) is 2.60. The number of aryl methyl sites for hydroxylation is 3. The quantitative estimate of drug-likeness (QED) is 0.655. The summed E-state index contributed by atoms with van der Waals surface area (Å²) in [6.45, 7) is 6.04. The summed E-state index contributed by atoms with van der Waals surface area (Å²) in [4.78, 5) is 38.9. The minimum atomic E-state index is -0.569. The van der Waals surface area contributed by atoms with Gasteiger partial charge in [-0.05, 0) is 48.1 Å². The minimum absolute atomic E-state index is 0.0919. The van der Waals surface area contributed by atoms with Crippen molar-refractivity contribution >= 4 is 29.2 Å². The first-order chi connectivity index (χ1) is 15.0. The number of hydrogen-bond acceptors (Lipinski definition) is 4. The fourth-order valence-electron chi connectivity index (χ4n) is 3.86. The second kappa shape index (κ2) is 10.2. The maximum atomic E-state index is 12.5. The Bertz CT molecular complexity index is 930. The molecule has 1 N–H and O–H groups in total. The number of esters is 1. The van der Waals surface area contributed by atoms with Crippen LogP contribution in [0.3, 0.4) is 0 Å². The highest BCUT2D eigenvalue weighted by atomic mass is 16.5. The van der Waals surface area contributed by atoms with E-state index in [-0.39, 0.29) is 31.4 Å². The van der Waals surface area contributed by atoms with Gasteiger partial charge in [0.15, 0.2) is 6.61 Å². The van der Waals surface area contributed by atoms with Gasteiger partial charge in [-0.25, -0.2) is 0 Å². The summed E-state index contributed by atoms with van der Waals surface area (Å²) in [7, 11) is 0. The van der Waals surface area contributed by atoms with E-state index in [0.717, 1.165) is 41.8 Å². The molecule has 6 heteroatoms. The molecule has 1 heterocycles. The summed E-state index contributed by atoms with van der Waals surface area (Å²) < 4.78 is 5.25. The minimum Gasteiger partial charge on any atom is -0.455 e. The molecule has 1 unspecified atom stereocenters. The van der Waals surface area contributed by atoms with Gasteiger partial charge in [0, 0.05) is 24.3 Å². The Labute approximate surface area is 183 Å². The molecule has 0 aliphatic carbocycles. The number of carbonyl (C=O) groups excluding carboxylic acids is 3. The number of anilines is 2. The molecule has 0 aromatic heterocycles. The second-order valence-corrected chi connectivity index (χ2v) is 7.74. The molecule has 2 aromatic rings. The van der Waals surface area contributed by atoms with Crippen molar-refractivity contribution in [2.24, 2.45) is 5.92 Å². The van der Waals surface area contributed by atoms with E-state index in [9.17, 15) is 14.4 Å². The molecule has 1 saturated heterocycles. The van der Waals surface area contributed by atoms with Crippen LogP contribution in [0.15, 0.2) is 42.5 Å². The highest BCUT2D eigenvalue weighted by Gasteiger charge is 2.36. The number of hydrogen-bond donors (Lipinski definition) is 1. The van der Waals surface area contributed by atoms with Crippen molar-refractivity contribution in [3.8, 4) is 0 Å². The fraction of sp³-hybridized carbons (Fsp3) is 0.400. The Balaban J connectivity index is 1.56. The van der Waals surface area contributed by atoms with Crippen LogP contribution in [0.5, 0.6) is 0 Å². The smallest absolute Gasteiger partial charge is 0.311 e. The average molecular weight is 423 g/mol. The van der Waals surface area contributed by atoms with Crippen LogP contribution >= 0.6 is 0 Å². The average Bonchev–Trinajstić information content (AvgIpc) is 3.19. The Morgan fingerprint density at radius 3 is 2.23 bits per heavy atom. The lowest BCUT2D eigenvalue weighted by atomic mass is 10.0. The van der Waals surface area contributed by atoms with Crippen LogP contribution in [-0.2, 0) is 38.4 Å². The molecule has 164 valence electrons. The van der Waals surface area contributed by atoms with Gasteiger partial charge >= 0.3 is 5.97 Å². The molecule has 31 heavy (non-hydrogen) atoms. The number of carbonyl (C=O) groups is 3. The zero-order chi connectivity index (χ0) is 22.4. The van der Waals surface area contributed by atoms with E-state index in [1.165, 1.54) is 5.56 Å². The van der Waals surface area contributed by atoms with Crippen molar-refractivity contribution in [2.45, 2.75) is 46.5 Å². The van der Waals surface area contributed by atoms with Crippen molar-refractivity contribution in [2.75, 3.05) is 23.4 Å². The Morgan fingerprint density at radius 2 is 1.65 bits per heavy atom. The fourth-order valence-corrected chi connectivity index (χ4v) is 3.86. The number of amides is 2. The first kappa shape index (κ1) is 22.5. The predicted molar refractivity (Wildman–Crippen MR) is 121 cm³/mol. The summed E-state index contributed by atoms with van der Waals surface area (Å²) in [5.74, 6) is -1.57. The van der Waals surface area contributed by atoms with Crippen molar-refractivity contribution in [1.29, 1.82) is 0 Å². The zero-order valence-electron chi connectivity index (χ0n) is 18.4. The zero-order valence-corrected chi connectivity index (χ0v) is 18.4. The van der Waals surface area contributed by atoms with E-state index < -0.39 is 11.9 Å². The van der Waals surface area contributed by atoms with E-state index in [1.54, 1.807) is 4.90 Å². The SMILES string of the molecule is CCc1ccc(N2CC(C(=O)OCC(=O)Nc3c(CC)cccc3CC)CC2=O)cc1. The van der Waals surface area contributed by atoms with E-state index in [4.69, 9.17) is 4.74 Å². The van der Waals surface area contributed by atoms with Gasteiger partial charge in [-0.3, -0.25) is 14.4 Å². The van der Waals surface area contributed by atoms with Crippen molar-refractivity contribution in [1.82, 2.24) is 0 Å². The van der Waals surface area contributed by atoms with E-state index in [0.29, 0.717) is 0 Å². The van der Waals surface area contributed by atoms with E-state index >= 15 is 0 Å². The molecule has 1 aliphatic heterocycles. The third kappa shape index (κ3) is 5.32. The van der Waals surface area contributed by atoms with Crippen LogP contribution in [0.25, 0.3) is 0 Å². The summed E-state index contributed by atoms with van der Waals surface area (Å²) in [5, 5.41) is 2.89. The highest BCUT2D eigenvalue weighted by Crippen LogP contribution is 2.26. The molecule has 2 amide bonds. The lowest BCUT2D eigenvalue weighted by Gasteiger charge is -2.17. The molecule has 0 radical (unpaired) electrons. The molecule has 0 spiro atoms. The van der Waals surface area contributed by atoms with Crippen LogP contribution in [0.2, 0.25) is 0 Å². The molecular formula is C25H30N2O4. The van der Waals surface area contributed by atoms with Crippen LogP contribution in [-0.4, -0.2) is 30.9 Å². The second-order valence-electron chi connectivity index (χ2n) is 7.74. The third-order valence-electron chi connectivity index (χ3n) is 5.72. The maximum absolute atomic E-state index is 12.5. The van der Waals surface area contributed by atoms with Gasteiger partial charge in [0.1, 0.15) is 0 Å². The van der Waals surface area contributed by atoms with Gasteiger partial charge in [-0.2, -0.15) is 0 Å². The highest BCUT2D eigenvalue weighted by molar-refractivity contribution is 6.00. The maximum Gasteiger partial charge on any atom is 0.311 e. The van der Waals surface area contributed by atoms with Crippen molar-refractivity contribution in [3.05, 3.63) is 59.2 Å². The van der Waals surface area contributed by atoms with Gasteiger partial charge in [0.05, 0.1) is 5.92 Å². The van der Waals surface area contributed by atoms with Crippen LogP contribution < -0.4 is 10.2 Å². The number of para-hydroxylation sites is 1. The normalized spacial score (nSPS) is 15.8. The monoisotopic (exact) mass is 422 g/mol. The topological polar surface area (TPSA) is 75.7 Å². The van der Waals surface area contributed by atoms with Crippen LogP contribution in [0.1, 0.15) is 43.9 Å². The Hall–Kier alpha value is -3.15. The molecule has 0 saturated carbocycles. The van der Waals surface area contributed by atoms with Crippen molar-refractivity contribution in [3.63, 3.8) is 0 Å². The van der Waals surface area contributed by atoms with Gasteiger partial charge in [0.25, 0.3) is 5.91 Å². The molecule has 2 aromatic carbocycles. The van der Waals surface area contributed by atoms with E-state index in [1.807, 2.05) is 56.3 Å². The summed E-state index contributed by atoms with van der Waals surface area (Å²) >= 11 is 0. The molecule has 1 aliphatic rings. The first-order valence-electron chi connectivity index (χ1n) is 10.9. The molecule has 1 fully saturated rings. The number of nitrogens with zero attached hydrogens (tertiary/aromatic N) is 1. The van der Waals surface area contributed by atoms with Gasteiger partial charge in [-0.1, -0.05) is 51.1 Å². The largest absolute Gasteiger partial charge is 0.455 e. The molecule has 0 bridgehead atoms. The predicted octanol–water partition coefficient (Wildman–Crippen LogP) is 3.91. The lowest BCUT2D eigenvalue weighted by Crippen LogP contribution is -2.28. The lowest BCUT2D eigenvalue weighted by molar-refractivity contribution is -0.151.